The van der Waals surface area contributed by atoms with Gasteiger partial charge >= 0.3 is 0 Å². The summed E-state index contributed by atoms with van der Waals surface area (Å²) in [5.74, 6) is -3.87. The normalized spacial score (nSPS) is 23.0. The fourth-order valence-corrected chi connectivity index (χ4v) is 5.46. The molecule has 4 atom stereocenters. The monoisotopic (exact) mass is 527 g/mol. The third-order valence-electron chi connectivity index (χ3n) is 7.34. The molecule has 0 saturated carbocycles. The summed E-state index contributed by atoms with van der Waals surface area (Å²) in [6, 6.07) is 3.38. The molecule has 1 unspecified atom stereocenters. The second-order valence-corrected chi connectivity index (χ2v) is 10.0. The largest absolute Gasteiger partial charge is 0.397 e. The maximum Gasteiger partial charge on any atom is 0.187 e. The van der Waals surface area contributed by atoms with E-state index in [4.69, 9.17) is 11.5 Å². The van der Waals surface area contributed by atoms with Gasteiger partial charge in [-0.15, -0.1) is 0 Å². The van der Waals surface area contributed by atoms with Gasteiger partial charge in [-0.25, -0.2) is 18.2 Å². The number of rotatable bonds is 5. The van der Waals surface area contributed by atoms with Crippen molar-refractivity contribution >= 4 is 17.2 Å². The molecule has 1 aliphatic carbocycles. The van der Waals surface area contributed by atoms with Crippen molar-refractivity contribution in [3.05, 3.63) is 70.4 Å². The smallest absolute Gasteiger partial charge is 0.187 e. The zero-order valence-corrected chi connectivity index (χ0v) is 20.7. The number of hydrogen-bond acceptors (Lipinski definition) is 8. The fourth-order valence-electron chi connectivity index (χ4n) is 5.46. The number of piperidine rings is 1. The van der Waals surface area contributed by atoms with Crippen LogP contribution in [0.15, 0.2) is 30.5 Å². The number of carbonyl (C=O) groups is 1. The number of anilines is 2. The summed E-state index contributed by atoms with van der Waals surface area (Å²) in [6.45, 7) is 2.67. The van der Waals surface area contributed by atoms with Crippen LogP contribution in [0, 0.1) is 23.4 Å². The van der Waals surface area contributed by atoms with Crippen molar-refractivity contribution in [2.45, 2.75) is 44.4 Å². The molecule has 0 spiro atoms. The van der Waals surface area contributed by atoms with E-state index in [1.54, 1.807) is 0 Å². The number of aromatic nitrogens is 2. The molecule has 8 nitrogen and oxygen atoms in total. The molecule has 1 aromatic carbocycles. The van der Waals surface area contributed by atoms with Gasteiger partial charge in [0.25, 0.3) is 0 Å². The second-order valence-electron chi connectivity index (χ2n) is 10.0. The zero-order valence-electron chi connectivity index (χ0n) is 20.7. The van der Waals surface area contributed by atoms with Gasteiger partial charge in [-0.05, 0) is 25.0 Å². The van der Waals surface area contributed by atoms with Crippen LogP contribution < -0.4 is 16.4 Å². The van der Waals surface area contributed by atoms with Crippen LogP contribution in [-0.4, -0.2) is 51.2 Å². The van der Waals surface area contributed by atoms with Crippen molar-refractivity contribution in [1.29, 1.82) is 0 Å². The first kappa shape index (κ1) is 26.1. The highest BCUT2D eigenvalue weighted by atomic mass is 19.1. The molecule has 1 saturated heterocycles. The van der Waals surface area contributed by atoms with Gasteiger partial charge in [0.2, 0.25) is 0 Å². The third kappa shape index (κ3) is 4.50. The van der Waals surface area contributed by atoms with Crippen LogP contribution in [0.5, 0.6) is 0 Å². The lowest BCUT2D eigenvalue weighted by molar-refractivity contribution is 0.0783. The molecule has 3 aromatic rings. The number of benzene rings is 1. The van der Waals surface area contributed by atoms with E-state index in [9.17, 15) is 28.2 Å². The summed E-state index contributed by atoms with van der Waals surface area (Å²) < 4.78 is 43.5. The van der Waals surface area contributed by atoms with Crippen LogP contribution in [0.1, 0.15) is 46.8 Å². The lowest BCUT2D eigenvalue weighted by atomic mass is 9.91. The summed E-state index contributed by atoms with van der Waals surface area (Å²) in [7, 11) is 0. The third-order valence-corrected chi connectivity index (χ3v) is 7.34. The minimum atomic E-state index is -1.06. The number of nitrogens with two attached hydrogens (primary N) is 2. The highest BCUT2D eigenvalue weighted by Gasteiger charge is 2.36. The first-order chi connectivity index (χ1) is 18.1. The van der Waals surface area contributed by atoms with E-state index < -0.39 is 52.7 Å². The fraction of sp³-hybridized carbons (Fsp3) is 0.370. The summed E-state index contributed by atoms with van der Waals surface area (Å²) in [5.41, 5.74) is 12.7. The number of halogens is 3. The number of pyridine rings is 2. The Bertz CT molecular complexity index is 1390. The molecule has 38 heavy (non-hydrogen) atoms. The van der Waals surface area contributed by atoms with Gasteiger partial charge in [0.15, 0.2) is 11.6 Å². The Morgan fingerprint density at radius 2 is 1.87 bits per heavy atom. The first-order valence-electron chi connectivity index (χ1n) is 12.4. The number of nitrogens with zero attached hydrogens (tertiary/aromatic N) is 3. The van der Waals surface area contributed by atoms with Crippen molar-refractivity contribution in [3.8, 4) is 11.3 Å². The van der Waals surface area contributed by atoms with E-state index in [-0.39, 0.29) is 23.7 Å². The molecule has 0 amide bonds. The standard InChI is InChI=1S/C27H28F3N5O3/c1-12-10-35(11-19(32)27(12)38)26-13(9-33-23-14(26)5-6-20(23)36)7-21(37)25-18(31)8-17(30)24(34-25)22-15(28)3-2-4-16(22)29/h2-4,8-9,12,19-20,27,36,38H,5-7,10-11,31-32H2,1H3/t12-,19+,20?,27+/m0/s1. The predicted octanol–water partition coefficient (Wildman–Crippen LogP) is 2.69. The molecule has 3 heterocycles. The quantitative estimate of drug-likeness (QED) is 0.372. The van der Waals surface area contributed by atoms with Crippen LogP contribution in [0.4, 0.5) is 24.5 Å². The van der Waals surface area contributed by atoms with E-state index >= 15 is 0 Å². The Kier molecular flexibility index (Phi) is 6.84. The molecular formula is C27H28F3N5O3. The van der Waals surface area contributed by atoms with Crippen LogP contribution in [0.3, 0.4) is 0 Å². The zero-order chi connectivity index (χ0) is 27.3. The molecule has 11 heteroatoms. The van der Waals surface area contributed by atoms with E-state index in [0.717, 1.165) is 29.8 Å². The number of aliphatic hydroxyl groups is 2. The summed E-state index contributed by atoms with van der Waals surface area (Å²) in [6.07, 6.45) is 0.862. The minimum Gasteiger partial charge on any atom is -0.397 e. The minimum absolute atomic E-state index is 0.148. The Hall–Kier alpha value is -3.54. The van der Waals surface area contributed by atoms with Crippen molar-refractivity contribution in [1.82, 2.24) is 9.97 Å². The molecule has 0 radical (unpaired) electrons. The number of Topliss-reactive ketones (excluding diaryl/α,β-unsaturated/α-hetero) is 1. The number of ketones is 1. The van der Waals surface area contributed by atoms with E-state index in [2.05, 4.69) is 9.97 Å². The van der Waals surface area contributed by atoms with Crippen molar-refractivity contribution < 1.29 is 28.2 Å². The van der Waals surface area contributed by atoms with Crippen LogP contribution >= 0.6 is 0 Å². The molecule has 2 aromatic heterocycles. The van der Waals surface area contributed by atoms with Crippen molar-refractivity contribution in [2.24, 2.45) is 11.7 Å². The molecule has 200 valence electrons. The first-order valence-corrected chi connectivity index (χ1v) is 12.4. The number of hydrogen-bond donors (Lipinski definition) is 4. The summed E-state index contributed by atoms with van der Waals surface area (Å²) >= 11 is 0. The second kappa shape index (κ2) is 9.97. The Morgan fingerprint density at radius 1 is 1.16 bits per heavy atom. The number of carbonyl (C=O) groups excluding carboxylic acids is 1. The van der Waals surface area contributed by atoms with Crippen LogP contribution in [-0.2, 0) is 12.8 Å². The van der Waals surface area contributed by atoms with Gasteiger partial charge in [-0.3, -0.25) is 9.78 Å². The van der Waals surface area contributed by atoms with E-state index in [1.165, 1.54) is 6.20 Å². The average Bonchev–Trinajstić information content (AvgIpc) is 3.23. The maximum absolute atomic E-state index is 14.7. The lowest BCUT2D eigenvalue weighted by Gasteiger charge is -2.41. The van der Waals surface area contributed by atoms with Crippen molar-refractivity contribution in [2.75, 3.05) is 23.7 Å². The highest BCUT2D eigenvalue weighted by molar-refractivity contribution is 6.01. The topological polar surface area (TPSA) is 139 Å². The predicted molar refractivity (Wildman–Crippen MR) is 135 cm³/mol. The Labute approximate surface area is 217 Å². The van der Waals surface area contributed by atoms with Crippen molar-refractivity contribution in [3.63, 3.8) is 0 Å². The van der Waals surface area contributed by atoms with Gasteiger partial charge in [0.05, 0.1) is 29.2 Å². The maximum atomic E-state index is 14.7. The van der Waals surface area contributed by atoms with E-state index in [1.807, 2.05) is 11.8 Å². The Morgan fingerprint density at radius 3 is 2.55 bits per heavy atom. The van der Waals surface area contributed by atoms with Gasteiger partial charge in [0.1, 0.15) is 23.0 Å². The van der Waals surface area contributed by atoms with Crippen LogP contribution in [0.2, 0.25) is 0 Å². The molecule has 1 aliphatic heterocycles. The number of fused-ring (bicyclic) bond motifs is 1. The Balaban J connectivity index is 1.55. The molecule has 5 rings (SSSR count). The van der Waals surface area contributed by atoms with Gasteiger partial charge in [-0.1, -0.05) is 13.0 Å². The average molecular weight is 528 g/mol. The molecule has 0 bridgehead atoms. The lowest BCUT2D eigenvalue weighted by Crippen LogP contribution is -2.56. The SMILES string of the molecule is C[C@H]1CN(c2c(CC(=O)c3nc(-c4c(F)cccc4F)c(F)cc3N)cnc3c2CCC3O)C[C@@H](N)[C@@H]1O. The number of aliphatic hydroxyl groups excluding tert-OH is 2. The van der Waals surface area contributed by atoms with Gasteiger partial charge < -0.3 is 26.6 Å². The number of nitrogen functional groups attached to an aromatic ring is 1. The van der Waals surface area contributed by atoms with Crippen LogP contribution in [0.25, 0.3) is 11.3 Å². The van der Waals surface area contributed by atoms with Gasteiger partial charge in [0, 0.05) is 60.5 Å². The van der Waals surface area contributed by atoms with Gasteiger partial charge in [-0.2, -0.15) is 0 Å². The summed E-state index contributed by atoms with van der Waals surface area (Å²) in [4.78, 5) is 23.8. The molecule has 1 fully saturated rings. The molecule has 2 aliphatic rings. The van der Waals surface area contributed by atoms with E-state index in [0.29, 0.717) is 42.9 Å². The molecule has 6 N–H and O–H groups in total. The molecular weight excluding hydrogens is 499 g/mol. The summed E-state index contributed by atoms with van der Waals surface area (Å²) in [5, 5.41) is 20.8. The highest BCUT2D eigenvalue weighted by Crippen LogP contribution is 2.40.